The molecule has 2 heterocycles. The van der Waals surface area contributed by atoms with E-state index in [1.807, 2.05) is 11.8 Å². The standard InChI is InChI=1S/C18H26N2O2/c1-4-16(21)20-9-8-15(12-20)19-11-14-7-5-6-13-10-18(2,3)22-17(13)14/h5-7,15,19H,4,8-12H2,1-3H3. The number of hydrogen-bond donors (Lipinski definition) is 1. The van der Waals surface area contributed by atoms with Gasteiger partial charge in [0, 0.05) is 44.1 Å². The lowest BCUT2D eigenvalue weighted by atomic mass is 10.0. The minimum absolute atomic E-state index is 0.101. The van der Waals surface area contributed by atoms with Gasteiger partial charge in [0.25, 0.3) is 0 Å². The Balaban J connectivity index is 1.60. The van der Waals surface area contributed by atoms with Gasteiger partial charge in [-0.15, -0.1) is 0 Å². The summed E-state index contributed by atoms with van der Waals surface area (Å²) in [4.78, 5) is 13.7. The molecule has 1 saturated heterocycles. The summed E-state index contributed by atoms with van der Waals surface area (Å²) in [5, 5.41) is 3.59. The summed E-state index contributed by atoms with van der Waals surface area (Å²) < 4.78 is 6.11. The van der Waals surface area contributed by atoms with Gasteiger partial charge in [0.15, 0.2) is 0 Å². The number of likely N-dealkylation sites (tertiary alicyclic amines) is 1. The van der Waals surface area contributed by atoms with E-state index in [4.69, 9.17) is 4.74 Å². The highest BCUT2D eigenvalue weighted by molar-refractivity contribution is 5.76. The van der Waals surface area contributed by atoms with Crippen molar-refractivity contribution in [1.82, 2.24) is 10.2 Å². The molecule has 0 saturated carbocycles. The second-order valence-electron chi connectivity index (χ2n) is 7.00. The quantitative estimate of drug-likeness (QED) is 0.929. The van der Waals surface area contributed by atoms with Crippen LogP contribution >= 0.6 is 0 Å². The summed E-state index contributed by atoms with van der Waals surface area (Å²) in [5.74, 6) is 1.31. The Morgan fingerprint density at radius 3 is 3.05 bits per heavy atom. The summed E-state index contributed by atoms with van der Waals surface area (Å²) in [6, 6.07) is 6.80. The van der Waals surface area contributed by atoms with Crippen LogP contribution in [0, 0.1) is 0 Å². The van der Waals surface area contributed by atoms with Gasteiger partial charge in [-0.3, -0.25) is 4.79 Å². The first-order valence-corrected chi connectivity index (χ1v) is 8.29. The third kappa shape index (κ3) is 3.12. The van der Waals surface area contributed by atoms with Crippen LogP contribution in [0.3, 0.4) is 0 Å². The fourth-order valence-corrected chi connectivity index (χ4v) is 3.45. The predicted octanol–water partition coefficient (Wildman–Crippen LogP) is 2.50. The van der Waals surface area contributed by atoms with Crippen LogP contribution in [0.25, 0.3) is 0 Å². The summed E-state index contributed by atoms with van der Waals surface area (Å²) in [5.41, 5.74) is 2.43. The molecular formula is C18H26N2O2. The molecule has 1 unspecified atom stereocenters. The van der Waals surface area contributed by atoms with Crippen LogP contribution in [0.15, 0.2) is 18.2 Å². The minimum Gasteiger partial charge on any atom is -0.487 e. The second kappa shape index (κ2) is 5.92. The Morgan fingerprint density at radius 2 is 2.27 bits per heavy atom. The minimum atomic E-state index is -0.101. The Hall–Kier alpha value is -1.55. The maximum Gasteiger partial charge on any atom is 0.222 e. The lowest BCUT2D eigenvalue weighted by Crippen LogP contribution is -2.34. The van der Waals surface area contributed by atoms with Crippen molar-refractivity contribution in [3.63, 3.8) is 0 Å². The Morgan fingerprint density at radius 1 is 1.45 bits per heavy atom. The summed E-state index contributed by atoms with van der Waals surface area (Å²) in [7, 11) is 0. The van der Waals surface area contributed by atoms with E-state index in [1.54, 1.807) is 0 Å². The summed E-state index contributed by atoms with van der Waals surface area (Å²) in [6.07, 6.45) is 2.60. The van der Waals surface area contributed by atoms with Gasteiger partial charge in [0.05, 0.1) is 0 Å². The summed E-state index contributed by atoms with van der Waals surface area (Å²) in [6.45, 7) is 8.70. The van der Waals surface area contributed by atoms with Crippen LogP contribution in [-0.2, 0) is 17.8 Å². The van der Waals surface area contributed by atoms with Gasteiger partial charge in [-0.25, -0.2) is 0 Å². The molecule has 1 N–H and O–H groups in total. The number of ether oxygens (including phenoxy) is 1. The van der Waals surface area contributed by atoms with Crippen LogP contribution in [0.4, 0.5) is 0 Å². The molecule has 1 fully saturated rings. The Labute approximate surface area is 132 Å². The molecule has 2 aliphatic rings. The number of nitrogens with one attached hydrogen (secondary N) is 1. The molecule has 22 heavy (non-hydrogen) atoms. The molecule has 0 aromatic heterocycles. The van der Waals surface area contributed by atoms with Crippen LogP contribution in [-0.4, -0.2) is 35.5 Å². The van der Waals surface area contributed by atoms with Gasteiger partial charge in [-0.05, 0) is 25.8 Å². The maximum absolute atomic E-state index is 11.7. The SMILES string of the molecule is CCC(=O)N1CCC(NCc2cccc3c2OC(C)(C)C3)C1. The highest BCUT2D eigenvalue weighted by atomic mass is 16.5. The van der Waals surface area contributed by atoms with Gasteiger partial charge in [0.2, 0.25) is 5.91 Å². The smallest absolute Gasteiger partial charge is 0.222 e. The third-order valence-electron chi connectivity index (χ3n) is 4.60. The fraction of sp³-hybridized carbons (Fsp3) is 0.611. The van der Waals surface area contributed by atoms with Crippen molar-refractivity contribution >= 4 is 5.91 Å². The molecule has 1 aromatic rings. The number of amides is 1. The van der Waals surface area contributed by atoms with Gasteiger partial charge < -0.3 is 15.0 Å². The fourth-order valence-electron chi connectivity index (χ4n) is 3.45. The lowest BCUT2D eigenvalue weighted by molar-refractivity contribution is -0.129. The molecule has 120 valence electrons. The first-order valence-electron chi connectivity index (χ1n) is 8.29. The van der Waals surface area contributed by atoms with Crippen LogP contribution < -0.4 is 10.1 Å². The van der Waals surface area contributed by atoms with Crippen molar-refractivity contribution in [2.45, 2.75) is 58.2 Å². The number of fused-ring (bicyclic) bond motifs is 1. The van der Waals surface area contributed by atoms with E-state index < -0.39 is 0 Å². The third-order valence-corrected chi connectivity index (χ3v) is 4.60. The highest BCUT2D eigenvalue weighted by Gasteiger charge is 2.32. The van der Waals surface area contributed by atoms with Crippen molar-refractivity contribution in [1.29, 1.82) is 0 Å². The van der Waals surface area contributed by atoms with Crippen molar-refractivity contribution in [3.05, 3.63) is 29.3 Å². The van der Waals surface area contributed by atoms with Crippen LogP contribution in [0.2, 0.25) is 0 Å². The predicted molar refractivity (Wildman–Crippen MR) is 87.0 cm³/mol. The zero-order valence-electron chi connectivity index (χ0n) is 13.8. The Bertz CT molecular complexity index is 568. The molecule has 0 aliphatic carbocycles. The van der Waals surface area contributed by atoms with Crippen molar-refractivity contribution in [2.75, 3.05) is 13.1 Å². The van der Waals surface area contributed by atoms with Gasteiger partial charge in [0.1, 0.15) is 11.4 Å². The van der Waals surface area contributed by atoms with E-state index >= 15 is 0 Å². The molecule has 4 nitrogen and oxygen atoms in total. The largest absolute Gasteiger partial charge is 0.487 e. The first-order chi connectivity index (χ1) is 10.5. The number of carbonyl (C=O) groups is 1. The topological polar surface area (TPSA) is 41.6 Å². The van der Waals surface area contributed by atoms with E-state index in [2.05, 4.69) is 37.4 Å². The zero-order chi connectivity index (χ0) is 15.7. The first kappa shape index (κ1) is 15.3. The zero-order valence-corrected chi connectivity index (χ0v) is 13.8. The molecule has 4 heteroatoms. The monoisotopic (exact) mass is 302 g/mol. The number of nitrogens with zero attached hydrogens (tertiary/aromatic N) is 1. The average Bonchev–Trinajstić information content (AvgIpc) is 3.06. The van der Waals surface area contributed by atoms with Crippen molar-refractivity contribution < 1.29 is 9.53 Å². The van der Waals surface area contributed by atoms with E-state index in [-0.39, 0.29) is 11.5 Å². The molecule has 0 bridgehead atoms. The summed E-state index contributed by atoms with van der Waals surface area (Å²) >= 11 is 0. The normalized spacial score (nSPS) is 22.5. The molecular weight excluding hydrogens is 276 g/mol. The maximum atomic E-state index is 11.7. The van der Waals surface area contributed by atoms with E-state index in [0.717, 1.165) is 38.2 Å². The van der Waals surface area contributed by atoms with E-state index in [1.165, 1.54) is 11.1 Å². The number of para-hydroxylation sites is 1. The molecule has 1 aromatic carbocycles. The Kier molecular flexibility index (Phi) is 4.13. The van der Waals surface area contributed by atoms with Crippen LogP contribution in [0.1, 0.15) is 44.7 Å². The molecule has 1 amide bonds. The number of rotatable bonds is 4. The highest BCUT2D eigenvalue weighted by Crippen LogP contribution is 2.37. The molecule has 1 atom stereocenters. The van der Waals surface area contributed by atoms with E-state index in [0.29, 0.717) is 12.5 Å². The van der Waals surface area contributed by atoms with Crippen molar-refractivity contribution in [3.8, 4) is 5.75 Å². The van der Waals surface area contributed by atoms with Crippen LogP contribution in [0.5, 0.6) is 5.75 Å². The lowest BCUT2D eigenvalue weighted by Gasteiger charge is -2.19. The van der Waals surface area contributed by atoms with Gasteiger partial charge in [-0.2, -0.15) is 0 Å². The molecule has 0 spiro atoms. The number of carbonyl (C=O) groups excluding carboxylic acids is 1. The molecule has 3 rings (SSSR count). The molecule has 0 radical (unpaired) electrons. The van der Waals surface area contributed by atoms with E-state index in [9.17, 15) is 4.79 Å². The number of hydrogen-bond acceptors (Lipinski definition) is 3. The number of benzene rings is 1. The second-order valence-corrected chi connectivity index (χ2v) is 7.00. The van der Waals surface area contributed by atoms with Gasteiger partial charge in [-0.1, -0.05) is 25.1 Å². The average molecular weight is 302 g/mol. The molecule has 2 aliphatic heterocycles. The van der Waals surface area contributed by atoms with Gasteiger partial charge >= 0.3 is 0 Å². The van der Waals surface area contributed by atoms with Crippen molar-refractivity contribution in [2.24, 2.45) is 0 Å².